The predicted octanol–water partition coefficient (Wildman–Crippen LogP) is 3.36. The van der Waals surface area contributed by atoms with Crippen molar-refractivity contribution in [2.75, 3.05) is 6.54 Å². The van der Waals surface area contributed by atoms with Crippen LogP contribution in [0.2, 0.25) is 0 Å². The summed E-state index contributed by atoms with van der Waals surface area (Å²) in [5, 5.41) is 2.67. The minimum atomic E-state index is -0.554. The van der Waals surface area contributed by atoms with Gasteiger partial charge in [-0.3, -0.25) is 4.79 Å². The lowest BCUT2D eigenvalue weighted by atomic mass is 10.1. The van der Waals surface area contributed by atoms with Gasteiger partial charge in [-0.15, -0.1) is 0 Å². The summed E-state index contributed by atoms with van der Waals surface area (Å²) in [6.45, 7) is 6.26. The van der Waals surface area contributed by atoms with Gasteiger partial charge < -0.3 is 19.5 Å². The van der Waals surface area contributed by atoms with Gasteiger partial charge in [0.1, 0.15) is 11.7 Å². The molecule has 1 N–H and O–H groups in total. The first kappa shape index (κ1) is 20.1. The Balaban J connectivity index is 1.70. The molecule has 1 aromatic carbocycles. The lowest BCUT2D eigenvalue weighted by Crippen LogP contribution is -2.35. The maximum atomic E-state index is 12.0. The molecule has 0 saturated heterocycles. The molecule has 6 heteroatoms. The number of carbonyl (C=O) groups is 2. The Hall–Kier alpha value is -2.18. The van der Waals surface area contributed by atoms with Crippen molar-refractivity contribution in [3.8, 4) is 0 Å². The molecule has 0 radical (unpaired) electrons. The standard InChI is InChI=1S/C20H27NO5/c1-20(2,3)26-19(23)21-13-7-10-17-16(22)11-12-18(25-17)24-14-15-8-5-4-6-9-15/h4-6,8-9,11-12,17-18H,7,10,13-14H2,1-3H3,(H,21,23)/t17-,18-/m1/s1. The Labute approximate surface area is 154 Å². The first-order chi connectivity index (χ1) is 12.3. The van der Waals surface area contributed by atoms with Crippen LogP contribution in [-0.4, -0.2) is 36.4 Å². The van der Waals surface area contributed by atoms with E-state index in [4.69, 9.17) is 14.2 Å². The molecule has 1 amide bonds. The summed E-state index contributed by atoms with van der Waals surface area (Å²) in [5.41, 5.74) is 0.514. The number of alkyl carbamates (subject to hydrolysis) is 1. The van der Waals surface area contributed by atoms with Gasteiger partial charge in [0.25, 0.3) is 0 Å². The highest BCUT2D eigenvalue weighted by atomic mass is 16.7. The fourth-order valence-electron chi connectivity index (χ4n) is 2.40. The van der Waals surface area contributed by atoms with Gasteiger partial charge in [0, 0.05) is 6.54 Å². The van der Waals surface area contributed by atoms with E-state index in [1.165, 1.54) is 6.08 Å². The van der Waals surface area contributed by atoms with Crippen LogP contribution in [0, 0.1) is 0 Å². The third kappa shape index (κ3) is 7.37. The lowest BCUT2D eigenvalue weighted by Gasteiger charge is -2.25. The van der Waals surface area contributed by atoms with Crippen LogP contribution in [0.25, 0.3) is 0 Å². The summed E-state index contributed by atoms with van der Waals surface area (Å²) >= 11 is 0. The van der Waals surface area contributed by atoms with Crippen LogP contribution >= 0.6 is 0 Å². The Morgan fingerprint density at radius 2 is 1.96 bits per heavy atom. The van der Waals surface area contributed by atoms with Crippen LogP contribution in [0.1, 0.15) is 39.2 Å². The Kier molecular flexibility index (Phi) is 7.36. The van der Waals surface area contributed by atoms with E-state index in [1.807, 2.05) is 51.1 Å². The third-order valence-electron chi connectivity index (χ3n) is 3.60. The number of benzene rings is 1. The Bertz CT molecular complexity index is 621. The predicted molar refractivity (Wildman–Crippen MR) is 97.5 cm³/mol. The molecule has 1 heterocycles. The molecule has 1 aliphatic rings. The molecule has 1 aromatic rings. The molecule has 142 valence electrons. The van der Waals surface area contributed by atoms with Gasteiger partial charge in [0.2, 0.25) is 0 Å². The highest BCUT2D eigenvalue weighted by Gasteiger charge is 2.25. The van der Waals surface area contributed by atoms with Crippen LogP contribution in [0.4, 0.5) is 4.79 Å². The molecular formula is C20H27NO5. The minimum Gasteiger partial charge on any atom is -0.444 e. The summed E-state index contributed by atoms with van der Waals surface area (Å²) in [6, 6.07) is 9.77. The van der Waals surface area contributed by atoms with Crippen molar-refractivity contribution in [1.82, 2.24) is 5.32 Å². The van der Waals surface area contributed by atoms with E-state index in [1.54, 1.807) is 6.08 Å². The van der Waals surface area contributed by atoms with Gasteiger partial charge in [-0.05, 0) is 51.3 Å². The maximum absolute atomic E-state index is 12.0. The molecule has 6 nitrogen and oxygen atoms in total. The number of rotatable bonds is 7. The summed E-state index contributed by atoms with van der Waals surface area (Å²) in [4.78, 5) is 23.5. The summed E-state index contributed by atoms with van der Waals surface area (Å²) < 4.78 is 16.6. The molecule has 0 unspecified atom stereocenters. The summed E-state index contributed by atoms with van der Waals surface area (Å²) in [5.74, 6) is -0.0816. The molecule has 0 bridgehead atoms. The zero-order valence-electron chi connectivity index (χ0n) is 15.6. The van der Waals surface area contributed by atoms with Crippen LogP contribution in [0.5, 0.6) is 0 Å². The van der Waals surface area contributed by atoms with Crippen molar-refractivity contribution in [3.63, 3.8) is 0 Å². The third-order valence-corrected chi connectivity index (χ3v) is 3.60. The van der Waals surface area contributed by atoms with Crippen LogP contribution in [-0.2, 0) is 25.6 Å². The lowest BCUT2D eigenvalue weighted by molar-refractivity contribution is -0.167. The van der Waals surface area contributed by atoms with E-state index >= 15 is 0 Å². The van der Waals surface area contributed by atoms with Gasteiger partial charge in [-0.1, -0.05) is 30.3 Å². The highest BCUT2D eigenvalue weighted by Crippen LogP contribution is 2.16. The number of nitrogens with one attached hydrogen (secondary N) is 1. The normalized spacial score (nSPS) is 20.0. The van der Waals surface area contributed by atoms with E-state index in [-0.39, 0.29) is 5.78 Å². The molecule has 0 aromatic heterocycles. The van der Waals surface area contributed by atoms with Gasteiger partial charge in [0.15, 0.2) is 12.1 Å². The van der Waals surface area contributed by atoms with E-state index in [9.17, 15) is 9.59 Å². The number of amides is 1. The van der Waals surface area contributed by atoms with Crippen molar-refractivity contribution in [1.29, 1.82) is 0 Å². The average Bonchev–Trinajstić information content (AvgIpc) is 2.58. The summed E-state index contributed by atoms with van der Waals surface area (Å²) in [6.07, 6.45) is 2.68. The molecular weight excluding hydrogens is 334 g/mol. The second-order valence-corrected chi connectivity index (χ2v) is 7.12. The number of carbonyl (C=O) groups excluding carboxylic acids is 2. The van der Waals surface area contributed by atoms with E-state index < -0.39 is 24.1 Å². The number of ketones is 1. The zero-order chi connectivity index (χ0) is 19.0. The van der Waals surface area contributed by atoms with Crippen molar-refractivity contribution in [3.05, 3.63) is 48.0 Å². The van der Waals surface area contributed by atoms with Crippen molar-refractivity contribution >= 4 is 11.9 Å². The van der Waals surface area contributed by atoms with Gasteiger partial charge in [0.05, 0.1) is 6.61 Å². The monoisotopic (exact) mass is 361 g/mol. The van der Waals surface area contributed by atoms with Crippen LogP contribution in [0.15, 0.2) is 42.5 Å². The van der Waals surface area contributed by atoms with Gasteiger partial charge in [-0.25, -0.2) is 4.79 Å². The van der Waals surface area contributed by atoms with E-state index in [0.717, 1.165) is 5.56 Å². The first-order valence-corrected chi connectivity index (χ1v) is 8.83. The summed E-state index contributed by atoms with van der Waals surface area (Å²) in [7, 11) is 0. The van der Waals surface area contributed by atoms with E-state index in [0.29, 0.717) is 26.0 Å². The number of hydrogen-bond acceptors (Lipinski definition) is 5. The number of hydrogen-bond donors (Lipinski definition) is 1. The van der Waals surface area contributed by atoms with Gasteiger partial charge in [-0.2, -0.15) is 0 Å². The highest BCUT2D eigenvalue weighted by molar-refractivity contribution is 5.94. The minimum absolute atomic E-state index is 0.0816. The average molecular weight is 361 g/mol. The fourth-order valence-corrected chi connectivity index (χ4v) is 2.40. The molecule has 1 aliphatic heterocycles. The maximum Gasteiger partial charge on any atom is 0.407 e. The largest absolute Gasteiger partial charge is 0.444 e. The van der Waals surface area contributed by atoms with Crippen LogP contribution < -0.4 is 5.32 Å². The van der Waals surface area contributed by atoms with Crippen molar-refractivity contribution in [2.45, 2.75) is 58.2 Å². The molecule has 0 spiro atoms. The second kappa shape index (κ2) is 9.50. The smallest absolute Gasteiger partial charge is 0.407 e. The Morgan fingerprint density at radius 1 is 1.23 bits per heavy atom. The molecule has 2 rings (SSSR count). The molecule has 0 saturated carbocycles. The molecule has 0 aliphatic carbocycles. The number of ether oxygens (including phenoxy) is 3. The first-order valence-electron chi connectivity index (χ1n) is 8.83. The molecule has 2 atom stereocenters. The molecule has 26 heavy (non-hydrogen) atoms. The van der Waals surface area contributed by atoms with Crippen molar-refractivity contribution in [2.24, 2.45) is 0 Å². The van der Waals surface area contributed by atoms with Crippen molar-refractivity contribution < 1.29 is 23.8 Å². The SMILES string of the molecule is CC(C)(C)OC(=O)NCCC[C@H]1O[C@@H](OCc2ccccc2)C=CC1=O. The Morgan fingerprint density at radius 3 is 2.65 bits per heavy atom. The van der Waals surface area contributed by atoms with Crippen LogP contribution in [0.3, 0.4) is 0 Å². The van der Waals surface area contributed by atoms with Gasteiger partial charge >= 0.3 is 6.09 Å². The zero-order valence-corrected chi connectivity index (χ0v) is 15.6. The topological polar surface area (TPSA) is 73.9 Å². The van der Waals surface area contributed by atoms with E-state index in [2.05, 4.69) is 5.32 Å². The molecule has 0 fully saturated rings. The second-order valence-electron chi connectivity index (χ2n) is 7.12. The quantitative estimate of drug-likeness (QED) is 0.754. The fraction of sp³-hybridized carbons (Fsp3) is 0.500.